The van der Waals surface area contributed by atoms with Crippen LogP contribution in [0.3, 0.4) is 0 Å². The van der Waals surface area contributed by atoms with E-state index in [9.17, 15) is 22.4 Å². The molecule has 3 aromatic rings. The van der Waals surface area contributed by atoms with Gasteiger partial charge in [-0.2, -0.15) is 0 Å². The SMILES string of the molecule is CC[C@H](C(=O)NCC(C)C)N(Cc1ccc(F)cc1)C(=O)CN(c1ccc(C)cc1)S(=O)(=O)c1ccc(OC)c(Br)c1. The summed E-state index contributed by atoms with van der Waals surface area (Å²) >= 11 is 3.35. The van der Waals surface area contributed by atoms with Gasteiger partial charge < -0.3 is 15.0 Å². The molecule has 2 amide bonds. The second-order valence-electron chi connectivity index (χ2n) is 10.4. The van der Waals surface area contributed by atoms with E-state index in [0.29, 0.717) is 34.4 Å². The molecule has 8 nitrogen and oxygen atoms in total. The molecule has 0 aromatic heterocycles. The third-order valence-corrected chi connectivity index (χ3v) is 9.04. The minimum Gasteiger partial charge on any atom is -0.496 e. The highest BCUT2D eigenvalue weighted by molar-refractivity contribution is 9.10. The van der Waals surface area contributed by atoms with E-state index in [1.165, 1.54) is 54.5 Å². The van der Waals surface area contributed by atoms with Crippen molar-refractivity contribution in [2.24, 2.45) is 5.92 Å². The topological polar surface area (TPSA) is 96.0 Å². The average Bonchev–Trinajstić information content (AvgIpc) is 2.96. The Balaban J connectivity index is 2.06. The Bertz CT molecular complexity index is 1480. The fraction of sp³-hybridized carbons (Fsp3) is 0.355. The number of rotatable bonds is 13. The van der Waals surface area contributed by atoms with Crippen molar-refractivity contribution in [3.05, 3.63) is 88.1 Å². The number of hydrogen-bond donors (Lipinski definition) is 1. The van der Waals surface area contributed by atoms with Gasteiger partial charge >= 0.3 is 0 Å². The van der Waals surface area contributed by atoms with Crippen molar-refractivity contribution in [2.45, 2.75) is 51.6 Å². The predicted molar refractivity (Wildman–Crippen MR) is 165 cm³/mol. The number of halogens is 2. The Labute approximate surface area is 256 Å². The number of aryl methyl sites for hydroxylation is 1. The summed E-state index contributed by atoms with van der Waals surface area (Å²) < 4.78 is 48.5. The highest BCUT2D eigenvalue weighted by atomic mass is 79.9. The molecule has 1 atom stereocenters. The molecule has 0 aliphatic carbocycles. The van der Waals surface area contributed by atoms with Crippen LogP contribution in [0.1, 0.15) is 38.3 Å². The quantitative estimate of drug-likeness (QED) is 0.254. The third-order valence-electron chi connectivity index (χ3n) is 6.65. The van der Waals surface area contributed by atoms with Gasteiger partial charge in [0.2, 0.25) is 11.8 Å². The molecular formula is C31H37BrFN3O5S. The maximum absolute atomic E-state index is 14.1. The van der Waals surface area contributed by atoms with E-state index < -0.39 is 34.3 Å². The normalized spacial score (nSPS) is 12.1. The second kappa shape index (κ2) is 14.6. The zero-order valence-corrected chi connectivity index (χ0v) is 26.8. The van der Waals surface area contributed by atoms with Crippen LogP contribution in [0.4, 0.5) is 10.1 Å². The van der Waals surface area contributed by atoms with Crippen molar-refractivity contribution in [3.63, 3.8) is 0 Å². The van der Waals surface area contributed by atoms with Crippen LogP contribution >= 0.6 is 15.9 Å². The van der Waals surface area contributed by atoms with Gasteiger partial charge in [-0.15, -0.1) is 0 Å². The van der Waals surface area contributed by atoms with E-state index in [2.05, 4.69) is 21.2 Å². The van der Waals surface area contributed by atoms with Crippen molar-refractivity contribution < 1.29 is 27.1 Å². The number of nitrogens with one attached hydrogen (secondary N) is 1. The van der Waals surface area contributed by atoms with Crippen LogP contribution in [0.2, 0.25) is 0 Å². The van der Waals surface area contributed by atoms with Gasteiger partial charge in [0.1, 0.15) is 24.2 Å². The van der Waals surface area contributed by atoms with Crippen molar-refractivity contribution in [2.75, 3.05) is 24.5 Å². The zero-order chi connectivity index (χ0) is 31.0. The van der Waals surface area contributed by atoms with Crippen molar-refractivity contribution >= 4 is 43.5 Å². The molecule has 11 heteroatoms. The standard InChI is InChI=1S/C31H37BrFN3O5S/c1-6-28(31(38)34-18-21(2)3)35(19-23-9-11-24(33)12-10-23)30(37)20-36(25-13-7-22(4)8-14-25)42(39,40)26-15-16-29(41-5)27(32)17-26/h7-17,21,28H,6,18-20H2,1-5H3,(H,34,38)/t28-/m1/s1. The molecule has 42 heavy (non-hydrogen) atoms. The van der Waals surface area contributed by atoms with E-state index in [1.54, 1.807) is 31.2 Å². The molecule has 0 spiro atoms. The number of ether oxygens (including phenoxy) is 1. The Morgan fingerprint density at radius 2 is 1.67 bits per heavy atom. The first-order valence-electron chi connectivity index (χ1n) is 13.6. The van der Waals surface area contributed by atoms with Gasteiger partial charge in [-0.05, 0) is 83.2 Å². The van der Waals surface area contributed by atoms with E-state index in [0.717, 1.165) is 9.87 Å². The lowest BCUT2D eigenvalue weighted by atomic mass is 10.1. The first kappa shape index (κ1) is 33.1. The largest absolute Gasteiger partial charge is 0.496 e. The minimum absolute atomic E-state index is 0.0113. The van der Waals surface area contributed by atoms with Gasteiger partial charge in [-0.3, -0.25) is 13.9 Å². The summed E-state index contributed by atoms with van der Waals surface area (Å²) in [6, 6.07) is 15.9. The molecule has 0 heterocycles. The Morgan fingerprint density at radius 1 is 1.02 bits per heavy atom. The molecule has 0 aliphatic rings. The average molecular weight is 663 g/mol. The van der Waals surface area contributed by atoms with E-state index >= 15 is 0 Å². The van der Waals surface area contributed by atoms with Crippen LogP contribution in [-0.4, -0.2) is 51.4 Å². The molecule has 0 unspecified atom stereocenters. The summed E-state index contributed by atoms with van der Waals surface area (Å²) in [5.41, 5.74) is 1.81. The molecule has 1 N–H and O–H groups in total. The van der Waals surface area contributed by atoms with E-state index in [4.69, 9.17) is 4.74 Å². The van der Waals surface area contributed by atoms with E-state index in [-0.39, 0.29) is 23.3 Å². The Kier molecular flexibility index (Phi) is 11.5. The number of amides is 2. The molecular weight excluding hydrogens is 625 g/mol. The number of anilines is 1. The third kappa shape index (κ3) is 8.32. The summed E-state index contributed by atoms with van der Waals surface area (Å²) in [4.78, 5) is 28.7. The molecule has 0 radical (unpaired) electrons. The Morgan fingerprint density at radius 3 is 2.21 bits per heavy atom. The van der Waals surface area contributed by atoms with Crippen LogP contribution in [0, 0.1) is 18.7 Å². The first-order chi connectivity index (χ1) is 19.9. The number of benzene rings is 3. The molecule has 0 aliphatic heterocycles. The lowest BCUT2D eigenvalue weighted by molar-refractivity contribution is -0.140. The van der Waals surface area contributed by atoms with Crippen molar-refractivity contribution in [1.82, 2.24) is 10.2 Å². The van der Waals surface area contributed by atoms with Gasteiger partial charge in [0.15, 0.2) is 0 Å². The first-order valence-corrected chi connectivity index (χ1v) is 15.8. The van der Waals surface area contributed by atoms with Crippen LogP contribution < -0.4 is 14.4 Å². The molecule has 226 valence electrons. The number of methoxy groups -OCH3 is 1. The highest BCUT2D eigenvalue weighted by Gasteiger charge is 2.34. The molecule has 0 saturated carbocycles. The second-order valence-corrected chi connectivity index (χ2v) is 13.1. The van der Waals surface area contributed by atoms with Gasteiger partial charge in [-0.25, -0.2) is 12.8 Å². The Hall–Kier alpha value is -3.44. The van der Waals surface area contributed by atoms with Gasteiger partial charge in [0, 0.05) is 13.1 Å². The summed E-state index contributed by atoms with van der Waals surface area (Å²) in [5, 5.41) is 2.89. The summed E-state index contributed by atoms with van der Waals surface area (Å²) in [5.74, 6) is -0.706. The highest BCUT2D eigenvalue weighted by Crippen LogP contribution is 2.31. The van der Waals surface area contributed by atoms with Crippen LogP contribution in [0.25, 0.3) is 0 Å². The zero-order valence-electron chi connectivity index (χ0n) is 24.4. The van der Waals surface area contributed by atoms with Crippen LogP contribution in [0.5, 0.6) is 5.75 Å². The number of hydrogen-bond acceptors (Lipinski definition) is 5. The van der Waals surface area contributed by atoms with Crippen LogP contribution in [-0.2, 0) is 26.2 Å². The van der Waals surface area contributed by atoms with E-state index in [1.807, 2.05) is 20.8 Å². The fourth-order valence-electron chi connectivity index (χ4n) is 4.30. The summed E-state index contributed by atoms with van der Waals surface area (Å²) in [6.45, 7) is 7.43. The number of carbonyl (C=O) groups is 2. The smallest absolute Gasteiger partial charge is 0.264 e. The van der Waals surface area contributed by atoms with Crippen molar-refractivity contribution in [1.29, 1.82) is 0 Å². The molecule has 0 fully saturated rings. The molecule has 0 saturated heterocycles. The molecule has 0 bridgehead atoms. The maximum atomic E-state index is 14.1. The number of sulfonamides is 1. The molecule has 3 aromatic carbocycles. The predicted octanol–water partition coefficient (Wildman–Crippen LogP) is 5.68. The summed E-state index contributed by atoms with van der Waals surface area (Å²) in [7, 11) is -2.77. The monoisotopic (exact) mass is 661 g/mol. The van der Waals surface area contributed by atoms with Gasteiger partial charge in [-0.1, -0.05) is 50.6 Å². The minimum atomic E-state index is -4.25. The number of nitrogens with zero attached hydrogens (tertiary/aromatic N) is 2. The van der Waals surface area contributed by atoms with Crippen LogP contribution in [0.15, 0.2) is 76.1 Å². The maximum Gasteiger partial charge on any atom is 0.264 e. The van der Waals surface area contributed by atoms with Gasteiger partial charge in [0.25, 0.3) is 10.0 Å². The van der Waals surface area contributed by atoms with Crippen molar-refractivity contribution in [3.8, 4) is 5.75 Å². The molecule has 3 rings (SSSR count). The number of carbonyl (C=O) groups excluding carboxylic acids is 2. The lowest BCUT2D eigenvalue weighted by Gasteiger charge is -2.33. The lowest BCUT2D eigenvalue weighted by Crippen LogP contribution is -2.52. The summed E-state index contributed by atoms with van der Waals surface area (Å²) in [6.07, 6.45) is 0.291. The fourth-order valence-corrected chi connectivity index (χ4v) is 6.44. The van der Waals surface area contributed by atoms with Gasteiger partial charge in [0.05, 0.1) is 22.2 Å².